The first-order valence-corrected chi connectivity index (χ1v) is 15.4. The minimum Gasteiger partial charge on any atom is -0.496 e. The van der Waals surface area contributed by atoms with Crippen LogP contribution in [0, 0.1) is 29.1 Å². The van der Waals surface area contributed by atoms with Crippen LogP contribution >= 0.6 is 0 Å². The Hall–Kier alpha value is -2.98. The van der Waals surface area contributed by atoms with Crippen molar-refractivity contribution in [3.8, 4) is 16.9 Å². The summed E-state index contributed by atoms with van der Waals surface area (Å²) in [6.07, 6.45) is 0.572. The van der Waals surface area contributed by atoms with E-state index in [-0.39, 0.29) is 31.0 Å². The van der Waals surface area contributed by atoms with Crippen molar-refractivity contribution in [3.63, 3.8) is 0 Å². The molecule has 4 fully saturated rings. The molecule has 3 saturated carbocycles. The van der Waals surface area contributed by atoms with Crippen molar-refractivity contribution in [1.82, 2.24) is 15.3 Å². The molecule has 3 N–H and O–H groups in total. The molecular weight excluding hydrogens is 546 g/mol. The van der Waals surface area contributed by atoms with Crippen LogP contribution in [0.2, 0.25) is 0 Å². The maximum atomic E-state index is 14.0. The first-order chi connectivity index (χ1) is 20.4. The molecule has 9 heteroatoms. The standard InChI is InChI=1S/C34H47N3O6/c1-19-26-15-24(34(26,3)4)16-27(19)35-32(40)30-29(20(2)39)28(18-38)43-37(30)17-23-9-8-10-25(31(23)42-7)21-11-13-22(14-12-21)33(41)36(5)6/h8-14,19-20,24,26-30,38-39H,15-18H2,1-7H3,(H,35,40)/t19-,20+,24?,26?,27+,28+,29-,30+/m1/s1. The Labute approximate surface area is 255 Å². The molecule has 8 atom stereocenters. The number of nitrogens with one attached hydrogen (secondary N) is 1. The zero-order valence-electron chi connectivity index (χ0n) is 26.4. The number of nitrogens with zero attached hydrogens (tertiary/aromatic N) is 2. The maximum Gasteiger partial charge on any atom is 0.253 e. The number of amides is 2. The summed E-state index contributed by atoms with van der Waals surface area (Å²) in [7, 11) is 5.05. The number of rotatable bonds is 9. The highest BCUT2D eigenvalue weighted by molar-refractivity contribution is 5.94. The lowest BCUT2D eigenvalue weighted by Crippen LogP contribution is -2.62. The molecule has 1 heterocycles. The molecule has 2 aromatic rings. The topological polar surface area (TPSA) is 112 Å². The fraction of sp³-hybridized carbons (Fsp3) is 0.588. The van der Waals surface area contributed by atoms with Crippen LogP contribution < -0.4 is 10.1 Å². The summed E-state index contributed by atoms with van der Waals surface area (Å²) in [6.45, 7) is 8.45. The molecule has 9 nitrogen and oxygen atoms in total. The summed E-state index contributed by atoms with van der Waals surface area (Å²) >= 11 is 0. The average molecular weight is 594 g/mol. The number of fused-ring (bicyclic) bond motifs is 2. The van der Waals surface area contributed by atoms with Gasteiger partial charge in [0, 0.05) is 42.7 Å². The number of para-hydroxylation sites is 1. The fourth-order valence-corrected chi connectivity index (χ4v) is 7.88. The second-order valence-electron chi connectivity index (χ2n) is 13.5. The lowest BCUT2D eigenvalue weighted by molar-refractivity contribution is -0.183. The van der Waals surface area contributed by atoms with Crippen LogP contribution in [0.4, 0.5) is 0 Å². The quantitative estimate of drug-likeness (QED) is 0.406. The number of hydrogen-bond acceptors (Lipinski definition) is 7. The molecule has 234 valence electrons. The highest BCUT2D eigenvalue weighted by Gasteiger charge is 2.57. The summed E-state index contributed by atoms with van der Waals surface area (Å²) in [5.41, 5.74) is 3.41. The summed E-state index contributed by atoms with van der Waals surface area (Å²) < 4.78 is 5.90. The molecule has 1 aliphatic heterocycles. The molecule has 1 saturated heterocycles. The molecule has 0 aromatic heterocycles. The molecule has 2 unspecified atom stereocenters. The van der Waals surface area contributed by atoms with Gasteiger partial charge >= 0.3 is 0 Å². The fourth-order valence-electron chi connectivity index (χ4n) is 7.88. The Balaban J connectivity index is 1.41. The Bertz CT molecular complexity index is 1330. The van der Waals surface area contributed by atoms with Crippen LogP contribution in [0.25, 0.3) is 11.1 Å². The Morgan fingerprint density at radius 1 is 1.16 bits per heavy atom. The van der Waals surface area contributed by atoms with Crippen molar-refractivity contribution >= 4 is 11.8 Å². The number of benzene rings is 2. The van der Waals surface area contributed by atoms with Crippen LogP contribution in [0.3, 0.4) is 0 Å². The lowest BCUT2D eigenvalue weighted by Gasteiger charge is -2.62. The molecule has 2 aromatic carbocycles. The van der Waals surface area contributed by atoms with Gasteiger partial charge in [-0.2, -0.15) is 5.06 Å². The molecule has 2 amide bonds. The minimum atomic E-state index is -0.870. The van der Waals surface area contributed by atoms with Gasteiger partial charge in [0.1, 0.15) is 17.9 Å². The van der Waals surface area contributed by atoms with Crippen LogP contribution in [0.5, 0.6) is 5.75 Å². The average Bonchev–Trinajstić information content (AvgIpc) is 3.36. The second kappa shape index (κ2) is 12.2. The molecular formula is C34H47N3O6. The van der Waals surface area contributed by atoms with E-state index < -0.39 is 24.2 Å². The van der Waals surface area contributed by atoms with Gasteiger partial charge in [-0.3, -0.25) is 14.4 Å². The molecule has 43 heavy (non-hydrogen) atoms. The number of hydroxylamine groups is 2. The van der Waals surface area contributed by atoms with Gasteiger partial charge in [-0.25, -0.2) is 0 Å². The molecule has 0 spiro atoms. The Morgan fingerprint density at radius 2 is 1.86 bits per heavy atom. The smallest absolute Gasteiger partial charge is 0.253 e. The molecule has 0 radical (unpaired) electrons. The van der Waals surface area contributed by atoms with Crippen LogP contribution in [-0.4, -0.2) is 84.1 Å². The maximum absolute atomic E-state index is 14.0. The number of ether oxygens (including phenoxy) is 1. The number of carbonyl (C=O) groups is 2. The minimum absolute atomic E-state index is 0.0640. The summed E-state index contributed by atoms with van der Waals surface area (Å²) in [5, 5.41) is 25.9. The Morgan fingerprint density at radius 3 is 2.42 bits per heavy atom. The van der Waals surface area contributed by atoms with E-state index in [0.29, 0.717) is 34.5 Å². The van der Waals surface area contributed by atoms with Crippen molar-refractivity contribution in [2.24, 2.45) is 29.1 Å². The number of hydrogen-bond donors (Lipinski definition) is 3. The van der Waals surface area contributed by atoms with E-state index in [1.807, 2.05) is 30.3 Å². The Kier molecular flexibility index (Phi) is 8.91. The van der Waals surface area contributed by atoms with E-state index in [2.05, 4.69) is 26.1 Å². The van der Waals surface area contributed by atoms with Crippen molar-refractivity contribution in [2.45, 2.75) is 71.4 Å². The largest absolute Gasteiger partial charge is 0.496 e. The number of carbonyl (C=O) groups excluding carboxylic acids is 2. The van der Waals surface area contributed by atoms with E-state index in [9.17, 15) is 19.8 Å². The van der Waals surface area contributed by atoms with Gasteiger partial charge in [0.25, 0.3) is 5.91 Å². The van der Waals surface area contributed by atoms with Gasteiger partial charge in [0.2, 0.25) is 5.91 Å². The first-order valence-electron chi connectivity index (χ1n) is 15.4. The summed E-state index contributed by atoms with van der Waals surface area (Å²) in [6, 6.07) is 12.4. The molecule has 3 aliphatic carbocycles. The monoisotopic (exact) mass is 593 g/mol. The van der Waals surface area contributed by atoms with Gasteiger partial charge in [0.05, 0.1) is 26.4 Å². The van der Waals surface area contributed by atoms with Gasteiger partial charge in [-0.15, -0.1) is 0 Å². The zero-order chi connectivity index (χ0) is 31.2. The molecule has 4 aliphatic rings. The zero-order valence-corrected chi connectivity index (χ0v) is 26.4. The first kappa shape index (κ1) is 31.4. The highest BCUT2D eigenvalue weighted by atomic mass is 16.7. The molecule has 2 bridgehead atoms. The van der Waals surface area contributed by atoms with E-state index in [1.54, 1.807) is 45.3 Å². The van der Waals surface area contributed by atoms with Crippen molar-refractivity contribution in [3.05, 3.63) is 53.6 Å². The number of aliphatic hydroxyl groups is 2. The van der Waals surface area contributed by atoms with Crippen molar-refractivity contribution in [1.29, 1.82) is 0 Å². The van der Waals surface area contributed by atoms with E-state index >= 15 is 0 Å². The number of methoxy groups -OCH3 is 1. The van der Waals surface area contributed by atoms with E-state index in [4.69, 9.17) is 9.57 Å². The predicted molar refractivity (Wildman–Crippen MR) is 164 cm³/mol. The van der Waals surface area contributed by atoms with Crippen molar-refractivity contribution < 1.29 is 29.4 Å². The normalized spacial score (nSPS) is 30.3. The van der Waals surface area contributed by atoms with Crippen molar-refractivity contribution in [2.75, 3.05) is 27.8 Å². The van der Waals surface area contributed by atoms with Gasteiger partial charge in [0.15, 0.2) is 0 Å². The second-order valence-corrected chi connectivity index (χ2v) is 13.5. The van der Waals surface area contributed by atoms with Crippen LogP contribution in [0.1, 0.15) is 56.5 Å². The SMILES string of the molecule is COc1c(CN2O[C@@H](CO)[C@@H]([C@H](C)O)[C@H]2C(=O)N[C@H]2CC3CC([C@H]2C)C3(C)C)cccc1-c1ccc(C(=O)N(C)C)cc1. The predicted octanol–water partition coefficient (Wildman–Crippen LogP) is 3.72. The third-order valence-corrected chi connectivity index (χ3v) is 10.5. The van der Waals surface area contributed by atoms with E-state index in [1.165, 1.54) is 11.3 Å². The van der Waals surface area contributed by atoms with E-state index in [0.717, 1.165) is 23.1 Å². The summed E-state index contributed by atoms with van der Waals surface area (Å²) in [4.78, 5) is 34.1. The van der Waals surface area contributed by atoms with Gasteiger partial charge in [-0.1, -0.05) is 51.1 Å². The third kappa shape index (κ3) is 5.68. The van der Waals surface area contributed by atoms with Gasteiger partial charge < -0.3 is 25.2 Å². The van der Waals surface area contributed by atoms with Crippen LogP contribution in [-0.2, 0) is 16.2 Å². The highest BCUT2D eigenvalue weighted by Crippen LogP contribution is 2.61. The summed E-state index contributed by atoms with van der Waals surface area (Å²) in [5.74, 6) is 1.29. The van der Waals surface area contributed by atoms with Gasteiger partial charge in [-0.05, 0) is 60.6 Å². The molecule has 6 rings (SSSR count). The number of aliphatic hydroxyl groups excluding tert-OH is 2. The third-order valence-electron chi connectivity index (χ3n) is 10.5. The lowest BCUT2D eigenvalue weighted by atomic mass is 9.45. The van der Waals surface area contributed by atoms with Crippen LogP contribution in [0.15, 0.2) is 42.5 Å².